The Bertz CT molecular complexity index is 185. The third kappa shape index (κ3) is 3.54. The summed E-state index contributed by atoms with van der Waals surface area (Å²) in [7, 11) is 0. The summed E-state index contributed by atoms with van der Waals surface area (Å²) in [5.41, 5.74) is 5.23. The highest BCUT2D eigenvalue weighted by Gasteiger charge is 2.18. The molecule has 82 valence electrons. The molecule has 1 heterocycles. The van der Waals surface area contributed by atoms with Crippen LogP contribution in [0.1, 0.15) is 32.1 Å². The number of carbonyl (C=O) groups is 1. The predicted molar refractivity (Wildman–Crippen MR) is 54.8 cm³/mol. The molecule has 0 bridgehead atoms. The maximum atomic E-state index is 10.9. The molecule has 0 saturated carbocycles. The minimum Gasteiger partial charge on any atom is -0.396 e. The van der Waals surface area contributed by atoms with Crippen LogP contribution in [-0.4, -0.2) is 35.7 Å². The third-order valence-corrected chi connectivity index (χ3v) is 2.93. The van der Waals surface area contributed by atoms with Crippen molar-refractivity contribution in [3.63, 3.8) is 0 Å². The molecule has 3 N–H and O–H groups in total. The molecular formula is C10H20N2O2. The topological polar surface area (TPSA) is 66.6 Å². The summed E-state index contributed by atoms with van der Waals surface area (Å²) in [6.07, 6.45) is 5.18. The second-order valence-corrected chi connectivity index (χ2v) is 3.99. The molecule has 1 fully saturated rings. The van der Waals surface area contributed by atoms with E-state index < -0.39 is 0 Å². The van der Waals surface area contributed by atoms with Gasteiger partial charge in [-0.3, -0.25) is 0 Å². The van der Waals surface area contributed by atoms with E-state index >= 15 is 0 Å². The van der Waals surface area contributed by atoms with E-state index in [0.717, 1.165) is 45.2 Å². The highest BCUT2D eigenvalue weighted by atomic mass is 16.2. The molecule has 1 rings (SSSR count). The lowest BCUT2D eigenvalue weighted by Gasteiger charge is -2.17. The van der Waals surface area contributed by atoms with Crippen molar-refractivity contribution in [2.45, 2.75) is 32.1 Å². The summed E-state index contributed by atoms with van der Waals surface area (Å²) < 4.78 is 0. The number of hydrogen-bond acceptors (Lipinski definition) is 2. The summed E-state index contributed by atoms with van der Waals surface area (Å²) in [4.78, 5) is 12.7. The van der Waals surface area contributed by atoms with E-state index in [4.69, 9.17) is 10.8 Å². The molecule has 0 spiro atoms. The van der Waals surface area contributed by atoms with Gasteiger partial charge in [0.15, 0.2) is 0 Å². The number of carbonyl (C=O) groups excluding carboxylic acids is 1. The number of amides is 2. The van der Waals surface area contributed by atoms with Gasteiger partial charge in [0, 0.05) is 19.7 Å². The Hall–Kier alpha value is -0.770. The quantitative estimate of drug-likeness (QED) is 0.712. The van der Waals surface area contributed by atoms with Gasteiger partial charge in [0.1, 0.15) is 0 Å². The number of hydrogen-bond donors (Lipinski definition) is 2. The Morgan fingerprint density at radius 1 is 1.43 bits per heavy atom. The number of rotatable bonds is 3. The van der Waals surface area contributed by atoms with Gasteiger partial charge in [-0.2, -0.15) is 0 Å². The number of likely N-dealkylation sites (tertiary alicyclic amines) is 1. The molecule has 1 aliphatic rings. The minimum absolute atomic E-state index is 0.274. The van der Waals surface area contributed by atoms with Crippen LogP contribution < -0.4 is 5.73 Å². The van der Waals surface area contributed by atoms with Crippen molar-refractivity contribution in [1.82, 2.24) is 4.90 Å². The average molecular weight is 200 g/mol. The molecule has 2 amide bonds. The van der Waals surface area contributed by atoms with E-state index in [1.807, 2.05) is 0 Å². The minimum atomic E-state index is -0.298. The van der Waals surface area contributed by atoms with E-state index in [-0.39, 0.29) is 12.6 Å². The van der Waals surface area contributed by atoms with Crippen LogP contribution in [0.15, 0.2) is 0 Å². The van der Waals surface area contributed by atoms with Crippen molar-refractivity contribution < 1.29 is 9.90 Å². The van der Waals surface area contributed by atoms with Gasteiger partial charge in [-0.25, -0.2) is 4.79 Å². The molecule has 4 nitrogen and oxygen atoms in total. The number of nitrogens with two attached hydrogens (primary N) is 1. The molecule has 1 atom stereocenters. The third-order valence-electron chi connectivity index (χ3n) is 2.93. The molecule has 14 heavy (non-hydrogen) atoms. The molecule has 1 aliphatic heterocycles. The van der Waals surface area contributed by atoms with Crippen molar-refractivity contribution in [3.05, 3.63) is 0 Å². The standard InChI is InChI=1S/C10H20N2O2/c11-10(14)12-6-1-3-9(5-7-12)4-2-8-13/h9,13H,1-8H2,(H2,11,14). The largest absolute Gasteiger partial charge is 0.396 e. The van der Waals surface area contributed by atoms with Crippen LogP contribution >= 0.6 is 0 Å². The van der Waals surface area contributed by atoms with Gasteiger partial charge in [0.25, 0.3) is 0 Å². The molecule has 0 aromatic heterocycles. The summed E-state index contributed by atoms with van der Waals surface area (Å²) >= 11 is 0. The van der Waals surface area contributed by atoms with E-state index in [1.54, 1.807) is 4.90 Å². The van der Waals surface area contributed by atoms with E-state index in [1.165, 1.54) is 0 Å². The van der Waals surface area contributed by atoms with Crippen LogP contribution in [0.25, 0.3) is 0 Å². The van der Waals surface area contributed by atoms with Crippen LogP contribution in [0.5, 0.6) is 0 Å². The van der Waals surface area contributed by atoms with Gasteiger partial charge in [-0.05, 0) is 38.0 Å². The SMILES string of the molecule is NC(=O)N1CCCC(CCCO)CC1. The van der Waals surface area contributed by atoms with Gasteiger partial charge >= 0.3 is 6.03 Å². The second kappa shape index (κ2) is 5.86. The normalized spacial score (nSPS) is 23.2. The molecule has 0 aromatic rings. The zero-order valence-electron chi connectivity index (χ0n) is 8.61. The zero-order valence-corrected chi connectivity index (χ0v) is 8.61. The number of aliphatic hydroxyl groups is 1. The van der Waals surface area contributed by atoms with Crippen LogP contribution in [0.3, 0.4) is 0 Å². The molecule has 1 unspecified atom stereocenters. The highest BCUT2D eigenvalue weighted by Crippen LogP contribution is 2.21. The Morgan fingerprint density at radius 3 is 2.86 bits per heavy atom. The van der Waals surface area contributed by atoms with Crippen molar-refractivity contribution in [2.75, 3.05) is 19.7 Å². The van der Waals surface area contributed by atoms with Gasteiger partial charge in [0.05, 0.1) is 0 Å². The van der Waals surface area contributed by atoms with E-state index in [9.17, 15) is 4.79 Å². The first-order valence-electron chi connectivity index (χ1n) is 5.39. The fourth-order valence-electron chi connectivity index (χ4n) is 2.05. The molecule has 4 heteroatoms. The van der Waals surface area contributed by atoms with E-state index in [0.29, 0.717) is 5.92 Å². The number of aliphatic hydroxyl groups excluding tert-OH is 1. The van der Waals surface area contributed by atoms with Crippen molar-refractivity contribution in [3.8, 4) is 0 Å². The fourth-order valence-corrected chi connectivity index (χ4v) is 2.05. The van der Waals surface area contributed by atoms with Gasteiger partial charge in [-0.15, -0.1) is 0 Å². The smallest absolute Gasteiger partial charge is 0.314 e. The summed E-state index contributed by atoms with van der Waals surface area (Å²) in [5, 5.41) is 8.72. The Kier molecular flexibility index (Phi) is 4.73. The van der Waals surface area contributed by atoms with E-state index in [2.05, 4.69) is 0 Å². The Morgan fingerprint density at radius 2 is 2.21 bits per heavy atom. The second-order valence-electron chi connectivity index (χ2n) is 3.99. The lowest BCUT2D eigenvalue weighted by atomic mass is 9.95. The van der Waals surface area contributed by atoms with Crippen molar-refractivity contribution in [1.29, 1.82) is 0 Å². The number of primary amides is 1. The van der Waals surface area contributed by atoms with Gasteiger partial charge < -0.3 is 15.7 Å². The van der Waals surface area contributed by atoms with Crippen LogP contribution in [0.2, 0.25) is 0 Å². The number of nitrogens with zero attached hydrogens (tertiary/aromatic N) is 1. The molecule has 0 radical (unpaired) electrons. The lowest BCUT2D eigenvalue weighted by Crippen LogP contribution is -2.36. The predicted octanol–water partition coefficient (Wildman–Crippen LogP) is 0.940. The summed E-state index contributed by atoms with van der Waals surface area (Å²) in [5.74, 6) is 0.659. The summed E-state index contributed by atoms with van der Waals surface area (Å²) in [6.45, 7) is 1.85. The fraction of sp³-hybridized carbons (Fsp3) is 0.900. The van der Waals surface area contributed by atoms with Crippen LogP contribution in [0, 0.1) is 5.92 Å². The molecule has 0 aromatic carbocycles. The molecule has 1 saturated heterocycles. The Balaban J connectivity index is 2.29. The van der Waals surface area contributed by atoms with Crippen LogP contribution in [-0.2, 0) is 0 Å². The highest BCUT2D eigenvalue weighted by molar-refractivity contribution is 5.71. The van der Waals surface area contributed by atoms with Crippen LogP contribution in [0.4, 0.5) is 4.79 Å². The molecular weight excluding hydrogens is 180 g/mol. The first-order valence-corrected chi connectivity index (χ1v) is 5.39. The van der Waals surface area contributed by atoms with Gasteiger partial charge in [0.2, 0.25) is 0 Å². The monoisotopic (exact) mass is 200 g/mol. The lowest BCUT2D eigenvalue weighted by molar-refractivity contribution is 0.208. The average Bonchev–Trinajstić information content (AvgIpc) is 2.39. The van der Waals surface area contributed by atoms with Crippen molar-refractivity contribution >= 4 is 6.03 Å². The van der Waals surface area contributed by atoms with Gasteiger partial charge in [-0.1, -0.05) is 0 Å². The maximum Gasteiger partial charge on any atom is 0.314 e. The van der Waals surface area contributed by atoms with Crippen molar-refractivity contribution in [2.24, 2.45) is 11.7 Å². The first kappa shape index (κ1) is 11.3. The maximum absolute atomic E-state index is 10.9. The zero-order chi connectivity index (χ0) is 10.4. The Labute approximate surface area is 85.1 Å². The summed E-state index contributed by atoms with van der Waals surface area (Å²) in [6, 6.07) is -0.298. The first-order chi connectivity index (χ1) is 6.74. The number of urea groups is 1. The molecule has 0 aliphatic carbocycles.